The monoisotopic (exact) mass is 232 g/mol. The number of halogens is 1. The summed E-state index contributed by atoms with van der Waals surface area (Å²) in [6.45, 7) is 0.195. The van der Waals surface area contributed by atoms with Gasteiger partial charge in [-0.15, -0.1) is 0 Å². The minimum Gasteiger partial charge on any atom is -0.488 e. The second-order valence-corrected chi connectivity index (χ2v) is 2.97. The molecule has 0 atom stereocenters. The fourth-order valence-electron chi connectivity index (χ4n) is 0.738. The fourth-order valence-corrected chi connectivity index (χ4v) is 1.20. The normalized spacial score (nSPS) is 9.83. The molecule has 1 heterocycles. The van der Waals surface area contributed by atoms with Gasteiger partial charge in [-0.1, -0.05) is 0 Å². The third-order valence-corrected chi connectivity index (χ3v) is 1.78. The van der Waals surface area contributed by atoms with Crippen LogP contribution < -0.4 is 10.5 Å². The summed E-state index contributed by atoms with van der Waals surface area (Å²) in [5.74, 6) is 0.527. The molecule has 4 nitrogen and oxygen atoms in total. The molecule has 0 aromatic carbocycles. The van der Waals surface area contributed by atoms with Gasteiger partial charge in [-0.2, -0.15) is 0 Å². The molecule has 3 N–H and O–H groups in total. The Morgan fingerprint density at radius 2 is 2.33 bits per heavy atom. The number of nitrogens with zero attached hydrogens (tertiary/aromatic N) is 1. The van der Waals surface area contributed by atoms with Crippen LogP contribution in [0.1, 0.15) is 0 Å². The highest BCUT2D eigenvalue weighted by Crippen LogP contribution is 2.29. The molecule has 0 saturated carbocycles. The van der Waals surface area contributed by atoms with E-state index in [9.17, 15) is 0 Å². The fraction of sp³-hybridized carbons (Fsp3) is 0.286. The molecule has 0 aliphatic heterocycles. The second kappa shape index (κ2) is 4.27. The van der Waals surface area contributed by atoms with Gasteiger partial charge in [0.05, 0.1) is 23.0 Å². The standard InChI is InChI=1S/C7H9BrN2O2/c8-5-3-10-4-6(9)7(5)12-2-1-11/h3-4,11H,1-2,9H2. The van der Waals surface area contributed by atoms with Crippen LogP contribution in [-0.2, 0) is 0 Å². The molecule has 1 aromatic heterocycles. The van der Waals surface area contributed by atoms with Crippen LogP contribution >= 0.6 is 15.9 Å². The van der Waals surface area contributed by atoms with Crippen LogP contribution in [0.25, 0.3) is 0 Å². The van der Waals surface area contributed by atoms with E-state index in [-0.39, 0.29) is 13.2 Å². The third kappa shape index (κ3) is 2.09. The molecule has 1 aromatic rings. The number of hydrogen-bond acceptors (Lipinski definition) is 4. The van der Waals surface area contributed by atoms with Gasteiger partial charge < -0.3 is 15.6 Å². The number of pyridine rings is 1. The number of nitrogen functional groups attached to an aromatic ring is 1. The molecule has 12 heavy (non-hydrogen) atoms. The average molecular weight is 233 g/mol. The zero-order valence-corrected chi connectivity index (χ0v) is 7.91. The number of rotatable bonds is 3. The minimum atomic E-state index is -0.0335. The zero-order valence-electron chi connectivity index (χ0n) is 6.33. The number of hydrogen-bond donors (Lipinski definition) is 2. The number of aliphatic hydroxyl groups is 1. The van der Waals surface area contributed by atoms with E-state index < -0.39 is 0 Å². The lowest BCUT2D eigenvalue weighted by atomic mass is 10.4. The lowest BCUT2D eigenvalue weighted by Gasteiger charge is -2.07. The molecule has 5 heteroatoms. The molecule has 0 spiro atoms. The minimum absolute atomic E-state index is 0.0335. The van der Waals surface area contributed by atoms with E-state index in [4.69, 9.17) is 15.6 Å². The largest absolute Gasteiger partial charge is 0.488 e. The summed E-state index contributed by atoms with van der Waals surface area (Å²) in [6, 6.07) is 0. The Labute approximate surface area is 78.5 Å². The lowest BCUT2D eigenvalue weighted by molar-refractivity contribution is 0.201. The highest BCUT2D eigenvalue weighted by atomic mass is 79.9. The van der Waals surface area contributed by atoms with Crippen molar-refractivity contribution in [1.82, 2.24) is 4.98 Å². The average Bonchev–Trinajstić information content (AvgIpc) is 2.04. The summed E-state index contributed by atoms with van der Waals surface area (Å²) in [6.07, 6.45) is 3.08. The van der Waals surface area contributed by atoms with Gasteiger partial charge in [-0.3, -0.25) is 4.98 Å². The van der Waals surface area contributed by atoms with Crippen molar-refractivity contribution in [1.29, 1.82) is 0 Å². The van der Waals surface area contributed by atoms with Crippen LogP contribution in [0, 0.1) is 0 Å². The van der Waals surface area contributed by atoms with Gasteiger partial charge >= 0.3 is 0 Å². The lowest BCUT2D eigenvalue weighted by Crippen LogP contribution is -2.04. The number of ether oxygens (including phenoxy) is 1. The summed E-state index contributed by atoms with van der Waals surface area (Å²) < 4.78 is 5.85. The maximum Gasteiger partial charge on any atom is 0.159 e. The van der Waals surface area contributed by atoms with Crippen LogP contribution in [0.15, 0.2) is 16.9 Å². The SMILES string of the molecule is Nc1cncc(Br)c1OCCO. The van der Waals surface area contributed by atoms with Crippen molar-refractivity contribution >= 4 is 21.6 Å². The van der Waals surface area contributed by atoms with Crippen LogP contribution in [0.4, 0.5) is 5.69 Å². The van der Waals surface area contributed by atoms with Crippen molar-refractivity contribution in [2.24, 2.45) is 0 Å². The van der Waals surface area contributed by atoms with Gasteiger partial charge in [0.2, 0.25) is 0 Å². The Bertz CT molecular complexity index is 247. The van der Waals surface area contributed by atoms with Gasteiger partial charge in [0, 0.05) is 6.20 Å². The molecular formula is C7H9BrN2O2. The summed E-state index contributed by atoms with van der Waals surface area (Å²) in [4.78, 5) is 3.84. The molecule has 0 radical (unpaired) electrons. The molecule has 0 aliphatic rings. The molecular weight excluding hydrogens is 224 g/mol. The Morgan fingerprint density at radius 1 is 1.58 bits per heavy atom. The molecule has 0 saturated heterocycles. The molecule has 0 aliphatic carbocycles. The molecule has 0 amide bonds. The molecule has 0 bridgehead atoms. The number of anilines is 1. The van der Waals surface area contributed by atoms with Gasteiger partial charge in [0.15, 0.2) is 5.75 Å². The van der Waals surface area contributed by atoms with Crippen LogP contribution in [0.3, 0.4) is 0 Å². The quantitative estimate of drug-likeness (QED) is 0.810. The van der Waals surface area contributed by atoms with Gasteiger partial charge in [-0.25, -0.2) is 0 Å². The van der Waals surface area contributed by atoms with Gasteiger partial charge in [0.1, 0.15) is 6.61 Å². The summed E-state index contributed by atoms with van der Waals surface area (Å²) in [5, 5.41) is 8.51. The molecule has 0 unspecified atom stereocenters. The Kier molecular flexibility index (Phi) is 3.31. The first-order chi connectivity index (χ1) is 5.75. The maximum absolute atomic E-state index is 8.51. The van der Waals surface area contributed by atoms with E-state index in [1.54, 1.807) is 6.20 Å². The third-order valence-electron chi connectivity index (χ3n) is 1.22. The van der Waals surface area contributed by atoms with Crippen LogP contribution in [-0.4, -0.2) is 23.3 Å². The number of aliphatic hydroxyl groups excluding tert-OH is 1. The summed E-state index contributed by atoms with van der Waals surface area (Å²) in [5.41, 5.74) is 6.02. The maximum atomic E-state index is 8.51. The van der Waals surface area contributed by atoms with Crippen molar-refractivity contribution in [3.05, 3.63) is 16.9 Å². The number of aromatic nitrogens is 1. The van der Waals surface area contributed by atoms with E-state index in [2.05, 4.69) is 20.9 Å². The second-order valence-electron chi connectivity index (χ2n) is 2.11. The molecule has 0 fully saturated rings. The Balaban J connectivity index is 2.81. The van der Waals surface area contributed by atoms with E-state index in [0.717, 1.165) is 0 Å². The van der Waals surface area contributed by atoms with Crippen molar-refractivity contribution in [3.63, 3.8) is 0 Å². The van der Waals surface area contributed by atoms with Crippen molar-refractivity contribution in [2.75, 3.05) is 18.9 Å². The summed E-state index contributed by atoms with van der Waals surface area (Å²) in [7, 11) is 0. The first-order valence-electron chi connectivity index (χ1n) is 3.38. The zero-order chi connectivity index (χ0) is 8.97. The molecule has 66 valence electrons. The highest BCUT2D eigenvalue weighted by Gasteiger charge is 2.04. The van der Waals surface area contributed by atoms with Crippen LogP contribution in [0.5, 0.6) is 5.75 Å². The smallest absolute Gasteiger partial charge is 0.159 e. The Hall–Kier alpha value is -0.810. The van der Waals surface area contributed by atoms with Gasteiger partial charge in [-0.05, 0) is 15.9 Å². The van der Waals surface area contributed by atoms with E-state index in [1.807, 2.05) is 0 Å². The van der Waals surface area contributed by atoms with E-state index in [0.29, 0.717) is 15.9 Å². The Morgan fingerprint density at radius 3 is 2.92 bits per heavy atom. The van der Waals surface area contributed by atoms with Crippen molar-refractivity contribution in [2.45, 2.75) is 0 Å². The predicted molar refractivity (Wildman–Crippen MR) is 48.9 cm³/mol. The van der Waals surface area contributed by atoms with Crippen LogP contribution in [0.2, 0.25) is 0 Å². The van der Waals surface area contributed by atoms with E-state index in [1.165, 1.54) is 6.20 Å². The van der Waals surface area contributed by atoms with Crippen molar-refractivity contribution in [3.8, 4) is 5.75 Å². The first-order valence-corrected chi connectivity index (χ1v) is 4.17. The van der Waals surface area contributed by atoms with Crippen molar-refractivity contribution < 1.29 is 9.84 Å². The number of nitrogens with two attached hydrogens (primary N) is 1. The predicted octanol–water partition coefficient (Wildman–Crippen LogP) is 0.797. The topological polar surface area (TPSA) is 68.4 Å². The molecule has 1 rings (SSSR count). The van der Waals surface area contributed by atoms with E-state index >= 15 is 0 Å². The highest BCUT2D eigenvalue weighted by molar-refractivity contribution is 9.10. The summed E-state index contributed by atoms with van der Waals surface area (Å²) >= 11 is 3.23. The van der Waals surface area contributed by atoms with Gasteiger partial charge in [0.25, 0.3) is 0 Å². The first kappa shape index (κ1) is 9.28.